The fourth-order valence-corrected chi connectivity index (χ4v) is 4.52. The molecule has 0 aromatic rings. The molecule has 1 aliphatic rings. The van der Waals surface area contributed by atoms with Crippen LogP contribution in [0.3, 0.4) is 0 Å². The molecule has 0 aromatic heterocycles. The third kappa shape index (κ3) is 2.89. The topological polar surface area (TPSA) is 57.9 Å². The first-order valence-corrected chi connectivity index (χ1v) is 7.12. The molecule has 0 radical (unpaired) electrons. The van der Waals surface area contributed by atoms with Crippen LogP contribution >= 0.6 is 11.8 Å². The molecule has 1 fully saturated rings. The molecule has 3 nitrogen and oxygen atoms in total. The van der Waals surface area contributed by atoms with Crippen LogP contribution in [-0.2, 0) is 9.84 Å². The van der Waals surface area contributed by atoms with Crippen molar-refractivity contribution in [2.75, 3.05) is 6.26 Å². The summed E-state index contributed by atoms with van der Waals surface area (Å²) in [6.45, 7) is 0. The number of hydrogen-bond donors (Lipinski definition) is 0. The number of thiocyanates is 1. The zero-order valence-corrected chi connectivity index (χ0v) is 9.20. The highest BCUT2D eigenvalue weighted by atomic mass is 32.2. The van der Waals surface area contributed by atoms with Gasteiger partial charge in [-0.25, -0.2) is 8.42 Å². The van der Waals surface area contributed by atoms with E-state index in [-0.39, 0.29) is 10.5 Å². The smallest absolute Gasteiger partial charge is 0.151 e. The summed E-state index contributed by atoms with van der Waals surface area (Å²) in [6, 6.07) is 0. The van der Waals surface area contributed by atoms with E-state index >= 15 is 0 Å². The number of hydrogen-bond acceptors (Lipinski definition) is 4. The second-order valence-electron chi connectivity index (χ2n) is 3.40. The molecule has 1 rings (SSSR count). The van der Waals surface area contributed by atoms with Crippen LogP contribution in [0.1, 0.15) is 25.7 Å². The van der Waals surface area contributed by atoms with Crippen LogP contribution in [0.5, 0.6) is 0 Å². The Hall–Kier alpha value is -0.210. The van der Waals surface area contributed by atoms with Crippen molar-refractivity contribution in [3.05, 3.63) is 0 Å². The molecule has 5 heteroatoms. The van der Waals surface area contributed by atoms with Gasteiger partial charge in [-0.3, -0.25) is 0 Å². The maximum atomic E-state index is 11.3. The van der Waals surface area contributed by atoms with Crippen molar-refractivity contribution in [3.8, 4) is 5.40 Å². The van der Waals surface area contributed by atoms with E-state index in [0.29, 0.717) is 0 Å². The lowest BCUT2D eigenvalue weighted by molar-refractivity contribution is 0.496. The molecule has 74 valence electrons. The van der Waals surface area contributed by atoms with Crippen LogP contribution in [0, 0.1) is 10.7 Å². The van der Waals surface area contributed by atoms with Crippen molar-refractivity contribution in [1.29, 1.82) is 5.26 Å². The molecule has 0 aromatic carbocycles. The summed E-state index contributed by atoms with van der Waals surface area (Å²) in [5, 5.41) is 10.2. The lowest BCUT2D eigenvalue weighted by Crippen LogP contribution is -2.33. The van der Waals surface area contributed by atoms with E-state index in [9.17, 15) is 8.42 Å². The highest BCUT2D eigenvalue weighted by Gasteiger charge is 2.33. The number of nitriles is 1. The SMILES string of the molecule is CS(=O)(=O)[C@@H]1CCCC[C@@H]1SC#N. The van der Waals surface area contributed by atoms with Gasteiger partial charge >= 0.3 is 0 Å². The number of sulfone groups is 1. The Balaban J connectivity index is 2.74. The Morgan fingerprint density at radius 3 is 2.54 bits per heavy atom. The fraction of sp³-hybridized carbons (Fsp3) is 0.875. The average molecular weight is 219 g/mol. The molecule has 0 unspecified atom stereocenters. The summed E-state index contributed by atoms with van der Waals surface area (Å²) in [5.74, 6) is 0. The number of thioether (sulfide) groups is 1. The number of nitrogens with zero attached hydrogens (tertiary/aromatic N) is 1. The van der Waals surface area contributed by atoms with E-state index in [0.717, 1.165) is 37.4 Å². The van der Waals surface area contributed by atoms with Gasteiger partial charge in [0, 0.05) is 11.5 Å². The van der Waals surface area contributed by atoms with E-state index in [4.69, 9.17) is 5.26 Å². The first-order valence-electron chi connectivity index (χ1n) is 4.29. The first kappa shape index (κ1) is 10.9. The predicted molar refractivity (Wildman–Crippen MR) is 54.1 cm³/mol. The molecule has 0 bridgehead atoms. The lowest BCUT2D eigenvalue weighted by Gasteiger charge is -2.27. The minimum absolute atomic E-state index is 0.00579. The van der Waals surface area contributed by atoms with Crippen LogP contribution in [0.4, 0.5) is 0 Å². The second kappa shape index (κ2) is 4.34. The minimum Gasteiger partial charge on any atom is -0.229 e. The van der Waals surface area contributed by atoms with Crippen molar-refractivity contribution in [2.45, 2.75) is 36.2 Å². The third-order valence-corrected chi connectivity index (χ3v) is 5.20. The normalized spacial score (nSPS) is 29.5. The average Bonchev–Trinajstić information content (AvgIpc) is 2.04. The Morgan fingerprint density at radius 2 is 2.00 bits per heavy atom. The Labute approximate surface area is 83.4 Å². The van der Waals surface area contributed by atoms with Crippen molar-refractivity contribution in [2.24, 2.45) is 0 Å². The molecule has 2 atom stereocenters. The molecule has 0 aliphatic heterocycles. The van der Waals surface area contributed by atoms with E-state index in [2.05, 4.69) is 0 Å². The second-order valence-corrected chi connectivity index (χ2v) is 6.69. The molecule has 0 amide bonds. The maximum absolute atomic E-state index is 11.3. The fourth-order valence-electron chi connectivity index (χ4n) is 1.76. The summed E-state index contributed by atoms with van der Waals surface area (Å²) < 4.78 is 22.7. The monoisotopic (exact) mass is 219 g/mol. The van der Waals surface area contributed by atoms with Gasteiger partial charge in [0.05, 0.1) is 5.25 Å². The molecule has 0 spiro atoms. The van der Waals surface area contributed by atoms with Gasteiger partial charge in [0.15, 0.2) is 9.84 Å². The van der Waals surface area contributed by atoms with Gasteiger partial charge in [-0.05, 0) is 24.6 Å². The van der Waals surface area contributed by atoms with E-state index in [1.54, 1.807) is 0 Å². The summed E-state index contributed by atoms with van der Waals surface area (Å²) >= 11 is 1.11. The van der Waals surface area contributed by atoms with Gasteiger partial charge < -0.3 is 0 Å². The quantitative estimate of drug-likeness (QED) is 0.661. The van der Waals surface area contributed by atoms with Gasteiger partial charge in [-0.1, -0.05) is 12.8 Å². The Morgan fingerprint density at radius 1 is 1.38 bits per heavy atom. The predicted octanol–water partition coefficient (Wildman–Crippen LogP) is 1.56. The highest BCUT2D eigenvalue weighted by Crippen LogP contribution is 2.32. The van der Waals surface area contributed by atoms with Crippen LogP contribution in [-0.4, -0.2) is 25.2 Å². The van der Waals surface area contributed by atoms with E-state index in [1.807, 2.05) is 5.40 Å². The molecule has 1 saturated carbocycles. The summed E-state index contributed by atoms with van der Waals surface area (Å²) in [6.07, 6.45) is 4.87. The van der Waals surface area contributed by atoms with Gasteiger partial charge in [-0.2, -0.15) is 5.26 Å². The summed E-state index contributed by atoms with van der Waals surface area (Å²) in [7, 11) is -2.97. The lowest BCUT2D eigenvalue weighted by atomic mass is 10.00. The molecule has 13 heavy (non-hydrogen) atoms. The maximum Gasteiger partial charge on any atom is 0.151 e. The standard InChI is InChI=1S/C8H13NO2S2/c1-13(10,11)8-5-3-2-4-7(8)12-6-9/h7-8H,2-5H2,1H3/t7-,8+/m0/s1. The number of rotatable bonds is 2. The third-order valence-electron chi connectivity index (χ3n) is 2.40. The highest BCUT2D eigenvalue weighted by molar-refractivity contribution is 8.05. The molecule has 0 saturated heterocycles. The van der Waals surface area contributed by atoms with Gasteiger partial charge in [0.2, 0.25) is 0 Å². The van der Waals surface area contributed by atoms with Crippen molar-refractivity contribution < 1.29 is 8.42 Å². The zero-order valence-electron chi connectivity index (χ0n) is 7.56. The van der Waals surface area contributed by atoms with Crippen molar-refractivity contribution in [1.82, 2.24) is 0 Å². The zero-order chi connectivity index (χ0) is 9.90. The van der Waals surface area contributed by atoms with Gasteiger partial charge in [-0.15, -0.1) is 0 Å². The first-order chi connectivity index (χ1) is 6.05. The van der Waals surface area contributed by atoms with Gasteiger partial charge in [0.25, 0.3) is 0 Å². The van der Waals surface area contributed by atoms with Gasteiger partial charge in [0.1, 0.15) is 5.40 Å². The Kier molecular flexibility index (Phi) is 3.63. The largest absolute Gasteiger partial charge is 0.229 e. The van der Waals surface area contributed by atoms with Crippen LogP contribution < -0.4 is 0 Å². The van der Waals surface area contributed by atoms with Crippen molar-refractivity contribution >= 4 is 21.6 Å². The molecular weight excluding hydrogens is 206 g/mol. The van der Waals surface area contributed by atoms with E-state index in [1.165, 1.54) is 6.26 Å². The van der Waals surface area contributed by atoms with Crippen molar-refractivity contribution in [3.63, 3.8) is 0 Å². The summed E-state index contributed by atoms with van der Waals surface area (Å²) in [5.41, 5.74) is 0. The molecular formula is C8H13NO2S2. The molecule has 0 N–H and O–H groups in total. The van der Waals surface area contributed by atoms with E-state index < -0.39 is 9.84 Å². The minimum atomic E-state index is -2.97. The molecule has 0 heterocycles. The van der Waals surface area contributed by atoms with Crippen LogP contribution in [0.25, 0.3) is 0 Å². The Bertz CT molecular complexity index is 305. The van der Waals surface area contributed by atoms with Crippen LogP contribution in [0.15, 0.2) is 0 Å². The summed E-state index contributed by atoms with van der Waals surface area (Å²) in [4.78, 5) is 0. The van der Waals surface area contributed by atoms with Crippen LogP contribution in [0.2, 0.25) is 0 Å². The molecule has 1 aliphatic carbocycles.